The van der Waals surface area contributed by atoms with Gasteiger partial charge in [-0.15, -0.1) is 0 Å². The van der Waals surface area contributed by atoms with Crippen molar-refractivity contribution < 1.29 is 23.9 Å². The minimum absolute atomic E-state index is 0.0399. The minimum Gasteiger partial charge on any atom is -0.382 e. The number of imidazole rings is 1. The first-order chi connectivity index (χ1) is 22.3. The van der Waals surface area contributed by atoms with Crippen LogP contribution in [0, 0.1) is 0 Å². The molecular formula is C34H53N7O5. The van der Waals surface area contributed by atoms with Crippen LogP contribution >= 0.6 is 0 Å². The maximum absolute atomic E-state index is 12.3. The predicted molar refractivity (Wildman–Crippen MR) is 182 cm³/mol. The van der Waals surface area contributed by atoms with Gasteiger partial charge in [-0.1, -0.05) is 31.5 Å². The van der Waals surface area contributed by atoms with E-state index in [-0.39, 0.29) is 36.5 Å². The van der Waals surface area contributed by atoms with Crippen LogP contribution in [0.3, 0.4) is 0 Å². The Morgan fingerprint density at radius 2 is 1.54 bits per heavy atom. The molecule has 0 aliphatic heterocycles. The van der Waals surface area contributed by atoms with Gasteiger partial charge in [0.25, 0.3) is 0 Å². The molecule has 1 atom stereocenters. The van der Waals surface area contributed by atoms with E-state index in [1.165, 1.54) is 0 Å². The number of amides is 2. The number of hydrogen-bond donors (Lipinski definition) is 4. The maximum Gasteiger partial charge on any atom is 0.222 e. The molecule has 3 rings (SSSR count). The van der Waals surface area contributed by atoms with Crippen molar-refractivity contribution in [1.29, 1.82) is 0 Å². The highest BCUT2D eigenvalue weighted by Crippen LogP contribution is 2.29. The molecule has 0 bridgehead atoms. The summed E-state index contributed by atoms with van der Waals surface area (Å²) in [5, 5.41) is 9.91. The van der Waals surface area contributed by atoms with Gasteiger partial charge >= 0.3 is 0 Å². The third kappa shape index (κ3) is 12.0. The second-order valence-electron chi connectivity index (χ2n) is 11.6. The molecule has 0 radical (unpaired) electrons. The van der Waals surface area contributed by atoms with Gasteiger partial charge in [-0.2, -0.15) is 0 Å². The highest BCUT2D eigenvalue weighted by atomic mass is 16.5. The van der Waals surface area contributed by atoms with Gasteiger partial charge in [-0.25, -0.2) is 9.97 Å². The highest BCUT2D eigenvalue weighted by Gasteiger charge is 2.17. The number of ether oxygens (including phenoxy) is 2. The average Bonchev–Trinajstić information content (AvgIpc) is 3.41. The lowest BCUT2D eigenvalue weighted by Gasteiger charge is -2.12. The number of benzene rings is 1. The Morgan fingerprint density at radius 1 is 0.891 bits per heavy atom. The number of anilines is 1. The summed E-state index contributed by atoms with van der Waals surface area (Å²) >= 11 is 0. The number of nitrogens with zero attached hydrogens (tertiary/aromatic N) is 3. The van der Waals surface area contributed by atoms with Crippen LogP contribution in [0.2, 0.25) is 0 Å². The molecule has 12 heteroatoms. The zero-order chi connectivity index (χ0) is 33.1. The predicted octanol–water partition coefficient (Wildman–Crippen LogP) is 3.68. The fourth-order valence-corrected chi connectivity index (χ4v) is 5.37. The molecular weight excluding hydrogens is 586 g/mol. The molecule has 0 aliphatic rings. The molecule has 2 heterocycles. The molecule has 0 spiro atoms. The van der Waals surface area contributed by atoms with Gasteiger partial charge in [-0.3, -0.25) is 14.4 Å². The lowest BCUT2D eigenvalue weighted by Crippen LogP contribution is -2.32. The van der Waals surface area contributed by atoms with E-state index in [9.17, 15) is 14.4 Å². The summed E-state index contributed by atoms with van der Waals surface area (Å²) in [7, 11) is 1.78. The Bertz CT molecular complexity index is 1390. The monoisotopic (exact) mass is 639 g/mol. The lowest BCUT2D eigenvalue weighted by molar-refractivity contribution is -0.123. The number of unbranched alkanes of at least 4 members (excludes halogenated alkanes) is 3. The van der Waals surface area contributed by atoms with Crippen LogP contribution < -0.4 is 21.7 Å². The minimum atomic E-state index is -0.114. The summed E-state index contributed by atoms with van der Waals surface area (Å²) in [6, 6.07) is 7.92. The quantitative estimate of drug-likeness (QED) is 0.107. The maximum atomic E-state index is 12.3. The van der Waals surface area contributed by atoms with Crippen LogP contribution in [0.25, 0.3) is 21.9 Å². The number of nitrogens with two attached hydrogens (primary N) is 1. The molecule has 5 N–H and O–H groups in total. The topological polar surface area (TPSA) is 162 Å². The zero-order valence-electron chi connectivity index (χ0n) is 27.9. The number of nitrogen functional groups attached to an aromatic ring is 1. The molecule has 12 nitrogen and oxygen atoms in total. The van der Waals surface area contributed by atoms with Crippen LogP contribution in [-0.2, 0) is 36.8 Å². The number of para-hydroxylation sites is 1. The first kappa shape index (κ1) is 36.9. The fraction of sp³-hybridized carbons (Fsp3) is 0.618. The van der Waals surface area contributed by atoms with Gasteiger partial charge in [0.15, 0.2) is 5.82 Å². The Hall–Kier alpha value is -3.61. The molecule has 0 saturated carbocycles. The van der Waals surface area contributed by atoms with Crippen molar-refractivity contribution in [3.05, 3.63) is 30.1 Å². The number of hydrogen-bond acceptors (Lipinski definition) is 9. The molecule has 46 heavy (non-hydrogen) atoms. The molecule has 254 valence electrons. The van der Waals surface area contributed by atoms with E-state index in [2.05, 4.69) is 38.5 Å². The summed E-state index contributed by atoms with van der Waals surface area (Å²) < 4.78 is 13.3. The van der Waals surface area contributed by atoms with Crippen LogP contribution in [0.4, 0.5) is 5.82 Å². The first-order valence-electron chi connectivity index (χ1n) is 16.8. The summed E-state index contributed by atoms with van der Waals surface area (Å²) in [6.07, 6.45) is 7.80. The summed E-state index contributed by atoms with van der Waals surface area (Å²) in [6.45, 7) is 7.11. The Balaban J connectivity index is 1.24. The zero-order valence-corrected chi connectivity index (χ0v) is 27.9. The van der Waals surface area contributed by atoms with Crippen LogP contribution in [-0.4, -0.2) is 84.7 Å². The number of aryl methyl sites for hydroxylation is 2. The van der Waals surface area contributed by atoms with E-state index in [0.717, 1.165) is 85.7 Å². The number of carbonyl (C=O) groups excluding carboxylic acids is 3. The van der Waals surface area contributed by atoms with Crippen molar-refractivity contribution >= 4 is 45.4 Å². The Labute approximate surface area is 272 Å². The number of Topliss-reactive ketones (excluding diaryl/α,β-unsaturated/α-hetero) is 1. The molecule has 1 aromatic carbocycles. The van der Waals surface area contributed by atoms with Gasteiger partial charge in [0.05, 0.1) is 43.5 Å². The number of rotatable bonds is 24. The van der Waals surface area contributed by atoms with Gasteiger partial charge in [0, 0.05) is 44.3 Å². The first-order valence-corrected chi connectivity index (χ1v) is 16.8. The number of fused-ring (bicyclic) bond motifs is 3. The third-order valence-electron chi connectivity index (χ3n) is 7.97. The highest BCUT2D eigenvalue weighted by molar-refractivity contribution is 6.06. The van der Waals surface area contributed by atoms with Crippen molar-refractivity contribution in [1.82, 2.24) is 30.5 Å². The molecule has 3 aromatic rings. The van der Waals surface area contributed by atoms with Crippen molar-refractivity contribution in [2.75, 3.05) is 52.3 Å². The molecule has 1 unspecified atom stereocenters. The summed E-state index contributed by atoms with van der Waals surface area (Å²) in [4.78, 5) is 45.0. The number of aromatic nitrogens is 3. The molecule has 0 fully saturated rings. The van der Waals surface area contributed by atoms with Gasteiger partial charge in [0.2, 0.25) is 11.8 Å². The van der Waals surface area contributed by atoms with Crippen LogP contribution in [0.5, 0.6) is 0 Å². The number of likely N-dealkylation sites (N-methyl/N-ethyl adjacent to an activating group) is 1. The SMILES string of the molecule is CCCCc1nc2c(N)nc3ccccc3c2n1CCCCNC(=O)CCOCCOCCC(=O)NCCCCC(NC)C(C)=O. The van der Waals surface area contributed by atoms with E-state index in [0.29, 0.717) is 45.3 Å². The number of carbonyl (C=O) groups is 3. The third-order valence-corrected chi connectivity index (χ3v) is 7.97. The van der Waals surface area contributed by atoms with Crippen molar-refractivity contribution in [2.24, 2.45) is 0 Å². The Kier molecular flexibility index (Phi) is 16.4. The standard InChI is InChI=1S/C34H53N7O5/c1-4-5-15-29-40-32-33(26-12-6-7-14-28(26)39-34(32)35)41(29)20-11-10-19-38-31(44)17-22-46-24-23-45-21-16-30(43)37-18-9-8-13-27(36-3)25(2)42/h6-7,12,14,27,36H,4-5,8-11,13,15-24H2,1-3H3,(H2,35,39)(H,37,43)(H,38,44). The molecule has 0 saturated heterocycles. The van der Waals surface area contributed by atoms with E-state index in [1.807, 2.05) is 18.2 Å². The summed E-state index contributed by atoms with van der Waals surface area (Å²) in [5.41, 5.74) is 8.97. The van der Waals surface area contributed by atoms with Crippen molar-refractivity contribution in [2.45, 2.75) is 90.6 Å². The second kappa shape index (κ2) is 20.5. The van der Waals surface area contributed by atoms with Crippen LogP contribution in [0.15, 0.2) is 24.3 Å². The number of ketones is 1. The smallest absolute Gasteiger partial charge is 0.222 e. The average molecular weight is 640 g/mol. The summed E-state index contributed by atoms with van der Waals surface area (Å²) in [5.74, 6) is 1.53. The molecule has 2 aromatic heterocycles. The normalized spacial score (nSPS) is 12.1. The van der Waals surface area contributed by atoms with Gasteiger partial charge in [0.1, 0.15) is 17.1 Å². The van der Waals surface area contributed by atoms with Crippen molar-refractivity contribution in [3.8, 4) is 0 Å². The van der Waals surface area contributed by atoms with Gasteiger partial charge < -0.3 is 35.7 Å². The second-order valence-corrected chi connectivity index (χ2v) is 11.6. The van der Waals surface area contributed by atoms with E-state index in [1.54, 1.807) is 14.0 Å². The van der Waals surface area contributed by atoms with Gasteiger partial charge in [-0.05, 0) is 58.6 Å². The molecule has 0 aliphatic carbocycles. The Morgan fingerprint density at radius 3 is 2.17 bits per heavy atom. The fourth-order valence-electron chi connectivity index (χ4n) is 5.37. The van der Waals surface area contributed by atoms with E-state index in [4.69, 9.17) is 20.2 Å². The van der Waals surface area contributed by atoms with E-state index >= 15 is 0 Å². The number of pyridine rings is 1. The lowest BCUT2D eigenvalue weighted by atomic mass is 10.1. The van der Waals surface area contributed by atoms with Crippen molar-refractivity contribution in [3.63, 3.8) is 0 Å². The van der Waals surface area contributed by atoms with Crippen LogP contribution in [0.1, 0.15) is 77.5 Å². The molecule has 2 amide bonds. The largest absolute Gasteiger partial charge is 0.382 e. The van der Waals surface area contributed by atoms with E-state index < -0.39 is 0 Å². The number of nitrogens with one attached hydrogen (secondary N) is 3.